The Morgan fingerprint density at radius 2 is 1.68 bits per heavy atom. The lowest BCUT2D eigenvalue weighted by molar-refractivity contribution is -0.129. The molecule has 0 unspecified atom stereocenters. The Labute approximate surface area is 225 Å². The van der Waals surface area contributed by atoms with Gasteiger partial charge in [-0.3, -0.25) is 24.3 Å². The Hall–Kier alpha value is -1.96. The van der Waals surface area contributed by atoms with Gasteiger partial charge in [0.2, 0.25) is 11.8 Å². The molecule has 6 nitrogen and oxygen atoms in total. The third-order valence-corrected chi connectivity index (χ3v) is 9.03. The average molecular weight is 534 g/mol. The molecule has 2 saturated carbocycles. The highest BCUT2D eigenvalue weighted by Gasteiger charge is 2.33. The molecule has 3 aliphatic rings. The third kappa shape index (κ3) is 9.38. The Balaban J connectivity index is 0.000000468. The van der Waals surface area contributed by atoms with E-state index < -0.39 is 11.7 Å². The van der Waals surface area contributed by atoms with Crippen LogP contribution in [0.3, 0.4) is 0 Å². The van der Waals surface area contributed by atoms with Crippen molar-refractivity contribution < 1.29 is 18.8 Å². The van der Waals surface area contributed by atoms with Crippen molar-refractivity contribution in [1.82, 2.24) is 15.2 Å². The number of halogens is 1. The molecule has 1 aromatic heterocycles. The fourth-order valence-corrected chi connectivity index (χ4v) is 7.00. The molecule has 1 saturated heterocycles. The van der Waals surface area contributed by atoms with E-state index in [1.54, 1.807) is 6.92 Å². The van der Waals surface area contributed by atoms with Crippen LogP contribution in [0.1, 0.15) is 107 Å². The Kier molecular flexibility index (Phi) is 11.9. The number of pyridine rings is 1. The van der Waals surface area contributed by atoms with Crippen molar-refractivity contribution in [2.75, 3.05) is 11.5 Å². The minimum atomic E-state index is -0.600. The van der Waals surface area contributed by atoms with E-state index in [9.17, 15) is 18.8 Å². The normalized spacial score (nSPS) is 22.9. The number of aryl methyl sites for hydroxylation is 1. The van der Waals surface area contributed by atoms with E-state index in [0.717, 1.165) is 43.9 Å². The summed E-state index contributed by atoms with van der Waals surface area (Å²) in [5.41, 5.74) is 0.518. The molecule has 2 heterocycles. The number of amides is 3. The first kappa shape index (κ1) is 29.6. The first-order valence-electron chi connectivity index (χ1n) is 14.1. The van der Waals surface area contributed by atoms with Gasteiger partial charge in [-0.2, -0.15) is 11.8 Å². The SMILES string of the molecule is CC(=O)N(C(=O)c1cc(F)cnc1C)C1CCC(NC(=O)CC2CCCCC2)CC1.CC1CCSCC1. The summed E-state index contributed by atoms with van der Waals surface area (Å²) in [6.45, 7) is 5.33. The zero-order valence-corrected chi connectivity index (χ0v) is 23.6. The van der Waals surface area contributed by atoms with Gasteiger partial charge in [-0.05, 0) is 87.7 Å². The molecule has 0 atom stereocenters. The second kappa shape index (κ2) is 14.8. The number of nitrogens with one attached hydrogen (secondary N) is 1. The predicted molar refractivity (Wildman–Crippen MR) is 147 cm³/mol. The van der Waals surface area contributed by atoms with Crippen molar-refractivity contribution in [3.05, 3.63) is 29.3 Å². The largest absolute Gasteiger partial charge is 0.353 e. The summed E-state index contributed by atoms with van der Waals surface area (Å²) in [6, 6.07) is 0.973. The molecular formula is C29H44FN3O3S. The van der Waals surface area contributed by atoms with Crippen LogP contribution in [0.15, 0.2) is 12.3 Å². The highest BCUT2D eigenvalue weighted by atomic mass is 32.2. The molecule has 3 fully saturated rings. The first-order valence-corrected chi connectivity index (χ1v) is 15.2. The van der Waals surface area contributed by atoms with Crippen LogP contribution in [0.5, 0.6) is 0 Å². The van der Waals surface area contributed by atoms with Crippen LogP contribution < -0.4 is 5.32 Å². The summed E-state index contributed by atoms with van der Waals surface area (Å²) in [6.07, 6.45) is 13.3. The lowest BCUT2D eigenvalue weighted by Gasteiger charge is -2.35. The molecular weight excluding hydrogens is 489 g/mol. The monoisotopic (exact) mass is 533 g/mol. The zero-order valence-electron chi connectivity index (χ0n) is 22.8. The van der Waals surface area contributed by atoms with E-state index in [-0.39, 0.29) is 29.5 Å². The molecule has 8 heteroatoms. The molecule has 0 aromatic carbocycles. The van der Waals surface area contributed by atoms with Gasteiger partial charge in [0, 0.05) is 25.4 Å². The van der Waals surface area contributed by atoms with E-state index >= 15 is 0 Å². The molecule has 37 heavy (non-hydrogen) atoms. The maximum absolute atomic E-state index is 13.6. The number of rotatable bonds is 5. The minimum absolute atomic E-state index is 0.0822. The van der Waals surface area contributed by atoms with Gasteiger partial charge in [-0.1, -0.05) is 26.2 Å². The van der Waals surface area contributed by atoms with Crippen LogP contribution in [0.25, 0.3) is 0 Å². The van der Waals surface area contributed by atoms with Gasteiger partial charge in [0.15, 0.2) is 0 Å². The van der Waals surface area contributed by atoms with Crippen molar-refractivity contribution >= 4 is 29.5 Å². The predicted octanol–water partition coefficient (Wildman–Crippen LogP) is 6.07. The average Bonchev–Trinajstić information content (AvgIpc) is 2.88. The fourth-order valence-electron chi connectivity index (χ4n) is 5.65. The van der Waals surface area contributed by atoms with Crippen LogP contribution in [-0.2, 0) is 9.59 Å². The van der Waals surface area contributed by atoms with Gasteiger partial charge in [-0.25, -0.2) is 4.39 Å². The third-order valence-electron chi connectivity index (χ3n) is 7.98. The summed E-state index contributed by atoms with van der Waals surface area (Å²) in [4.78, 5) is 42.8. The van der Waals surface area contributed by atoms with Gasteiger partial charge in [0.25, 0.3) is 5.91 Å². The van der Waals surface area contributed by atoms with Gasteiger partial charge < -0.3 is 5.32 Å². The summed E-state index contributed by atoms with van der Waals surface area (Å²) < 4.78 is 13.6. The number of thioether (sulfide) groups is 1. The smallest absolute Gasteiger partial charge is 0.262 e. The number of carbonyl (C=O) groups is 3. The quantitative estimate of drug-likeness (QED) is 0.497. The second-order valence-corrected chi connectivity index (χ2v) is 12.3. The van der Waals surface area contributed by atoms with E-state index in [4.69, 9.17) is 0 Å². The van der Waals surface area contributed by atoms with Crippen molar-refractivity contribution in [1.29, 1.82) is 0 Å². The van der Waals surface area contributed by atoms with Crippen LogP contribution in [0.4, 0.5) is 4.39 Å². The van der Waals surface area contributed by atoms with Crippen molar-refractivity contribution in [2.24, 2.45) is 11.8 Å². The molecule has 0 bridgehead atoms. The number of hydrogen-bond acceptors (Lipinski definition) is 5. The minimum Gasteiger partial charge on any atom is -0.353 e. The first-order chi connectivity index (χ1) is 17.7. The molecule has 1 aliphatic heterocycles. The molecule has 1 aromatic rings. The van der Waals surface area contributed by atoms with Gasteiger partial charge in [-0.15, -0.1) is 0 Å². The lowest BCUT2D eigenvalue weighted by Crippen LogP contribution is -2.48. The highest BCUT2D eigenvalue weighted by Crippen LogP contribution is 2.28. The summed E-state index contributed by atoms with van der Waals surface area (Å²) in [5, 5.41) is 3.15. The van der Waals surface area contributed by atoms with Crippen molar-refractivity contribution in [3.63, 3.8) is 0 Å². The standard InChI is InChI=1S/C23H32FN3O3.C6H12S/c1-15-21(13-18(24)14-25-15)23(30)27(16(2)28)20-10-8-19(9-11-20)26-22(29)12-17-6-4-3-5-7-17;1-6-2-4-7-5-3-6/h13-14,17,19-20H,3-12H2,1-2H3,(H,26,29);6H,2-5H2,1H3. The summed E-state index contributed by atoms with van der Waals surface area (Å²) in [5.74, 6) is 2.99. The van der Waals surface area contributed by atoms with Crippen LogP contribution >= 0.6 is 11.8 Å². The number of nitrogens with zero attached hydrogens (tertiary/aromatic N) is 2. The molecule has 4 rings (SSSR count). The topological polar surface area (TPSA) is 79.4 Å². The molecule has 0 radical (unpaired) electrons. The molecule has 0 spiro atoms. The maximum Gasteiger partial charge on any atom is 0.262 e. The van der Waals surface area contributed by atoms with Gasteiger partial charge in [0.1, 0.15) is 5.82 Å². The summed E-state index contributed by atoms with van der Waals surface area (Å²) >= 11 is 2.10. The Morgan fingerprint density at radius 3 is 2.24 bits per heavy atom. The van der Waals surface area contributed by atoms with Crippen molar-refractivity contribution in [2.45, 2.75) is 110 Å². The van der Waals surface area contributed by atoms with Crippen LogP contribution in [-0.4, -0.2) is 51.2 Å². The lowest BCUT2D eigenvalue weighted by atomic mass is 9.86. The van der Waals surface area contributed by atoms with E-state index in [1.807, 2.05) is 0 Å². The van der Waals surface area contributed by atoms with E-state index in [1.165, 1.54) is 55.4 Å². The molecule has 3 amide bonds. The highest BCUT2D eigenvalue weighted by molar-refractivity contribution is 7.99. The number of hydrogen-bond donors (Lipinski definition) is 1. The molecule has 2 aliphatic carbocycles. The molecule has 206 valence electrons. The number of carbonyl (C=O) groups excluding carboxylic acids is 3. The second-order valence-electron chi connectivity index (χ2n) is 11.1. The molecule has 1 N–H and O–H groups in total. The zero-order chi connectivity index (χ0) is 26.8. The Morgan fingerprint density at radius 1 is 1.03 bits per heavy atom. The van der Waals surface area contributed by atoms with Crippen LogP contribution in [0.2, 0.25) is 0 Å². The fraction of sp³-hybridized carbons (Fsp3) is 0.724. The Bertz CT molecular complexity index is 908. The van der Waals surface area contributed by atoms with Gasteiger partial charge in [0.05, 0.1) is 17.5 Å². The summed E-state index contributed by atoms with van der Waals surface area (Å²) in [7, 11) is 0. The number of aromatic nitrogens is 1. The van der Waals surface area contributed by atoms with Crippen LogP contribution in [0, 0.1) is 24.6 Å². The van der Waals surface area contributed by atoms with E-state index in [0.29, 0.717) is 30.9 Å². The maximum atomic E-state index is 13.6. The van der Waals surface area contributed by atoms with Crippen molar-refractivity contribution in [3.8, 4) is 0 Å². The van der Waals surface area contributed by atoms with E-state index in [2.05, 4.69) is 29.0 Å². The van der Waals surface area contributed by atoms with Gasteiger partial charge >= 0.3 is 0 Å². The number of imide groups is 1.